The van der Waals surface area contributed by atoms with Crippen molar-refractivity contribution in [3.05, 3.63) is 0 Å². The van der Waals surface area contributed by atoms with Gasteiger partial charge in [-0.2, -0.15) is 0 Å². The fourth-order valence-electron chi connectivity index (χ4n) is 2.16. The van der Waals surface area contributed by atoms with Crippen LogP contribution in [-0.2, 0) is 4.79 Å². The molecular formula is C16H32N2O3. The molecular weight excluding hydrogens is 268 g/mol. The Labute approximate surface area is 129 Å². The van der Waals surface area contributed by atoms with E-state index in [0.717, 1.165) is 12.8 Å². The van der Waals surface area contributed by atoms with Gasteiger partial charge in [0.15, 0.2) is 0 Å². The van der Waals surface area contributed by atoms with Gasteiger partial charge in [0.25, 0.3) is 0 Å². The fraction of sp³-hybridized carbons (Fsp3) is 0.875. The van der Waals surface area contributed by atoms with Crippen LogP contribution in [0.4, 0.5) is 4.79 Å². The van der Waals surface area contributed by atoms with Crippen LogP contribution >= 0.6 is 0 Å². The summed E-state index contributed by atoms with van der Waals surface area (Å²) >= 11 is 0. The van der Waals surface area contributed by atoms with E-state index in [1.54, 1.807) is 14.0 Å². The first-order valence-corrected chi connectivity index (χ1v) is 8.20. The molecule has 2 N–H and O–H groups in total. The van der Waals surface area contributed by atoms with Gasteiger partial charge < -0.3 is 15.3 Å². The molecule has 0 aromatic rings. The number of carboxylic acid groups (broad SMARTS) is 1. The summed E-state index contributed by atoms with van der Waals surface area (Å²) in [5.74, 6) is -1.42. The van der Waals surface area contributed by atoms with Crippen LogP contribution in [-0.4, -0.2) is 42.1 Å². The summed E-state index contributed by atoms with van der Waals surface area (Å²) < 4.78 is 0. The molecule has 5 heteroatoms. The van der Waals surface area contributed by atoms with Gasteiger partial charge in [-0.15, -0.1) is 0 Å². The normalized spacial score (nSPS) is 12.0. The molecule has 5 nitrogen and oxygen atoms in total. The van der Waals surface area contributed by atoms with E-state index < -0.39 is 11.9 Å². The number of hydrogen-bond donors (Lipinski definition) is 2. The van der Waals surface area contributed by atoms with Gasteiger partial charge >= 0.3 is 12.0 Å². The van der Waals surface area contributed by atoms with Crippen LogP contribution in [0.15, 0.2) is 0 Å². The zero-order chi connectivity index (χ0) is 16.1. The molecule has 0 fully saturated rings. The number of carbonyl (C=O) groups is 2. The number of carbonyl (C=O) groups excluding carboxylic acids is 1. The van der Waals surface area contributed by atoms with E-state index in [1.807, 2.05) is 0 Å². The topological polar surface area (TPSA) is 69.6 Å². The van der Waals surface area contributed by atoms with Crippen LogP contribution in [0.1, 0.15) is 65.2 Å². The van der Waals surface area contributed by atoms with Crippen molar-refractivity contribution in [3.8, 4) is 0 Å². The minimum absolute atomic E-state index is 0.189. The Balaban J connectivity index is 3.50. The van der Waals surface area contributed by atoms with Crippen LogP contribution in [0.5, 0.6) is 0 Å². The fourth-order valence-corrected chi connectivity index (χ4v) is 2.16. The van der Waals surface area contributed by atoms with Crippen molar-refractivity contribution in [2.24, 2.45) is 5.92 Å². The largest absolute Gasteiger partial charge is 0.481 e. The Kier molecular flexibility index (Phi) is 11.7. The maximum Gasteiger partial charge on any atom is 0.317 e. The molecule has 1 atom stereocenters. The van der Waals surface area contributed by atoms with Gasteiger partial charge in [-0.25, -0.2) is 4.79 Å². The number of urea groups is 1. The van der Waals surface area contributed by atoms with Gasteiger partial charge in [0.05, 0.1) is 5.92 Å². The molecule has 0 spiro atoms. The third kappa shape index (κ3) is 11.1. The molecule has 0 saturated heterocycles. The molecule has 124 valence electrons. The third-order valence-electron chi connectivity index (χ3n) is 3.62. The van der Waals surface area contributed by atoms with Crippen LogP contribution < -0.4 is 5.32 Å². The zero-order valence-corrected chi connectivity index (χ0v) is 13.9. The van der Waals surface area contributed by atoms with Crippen LogP contribution in [0.3, 0.4) is 0 Å². The predicted molar refractivity (Wildman–Crippen MR) is 85.4 cm³/mol. The van der Waals surface area contributed by atoms with Gasteiger partial charge in [0, 0.05) is 20.1 Å². The number of aliphatic carboxylic acids is 1. The van der Waals surface area contributed by atoms with Gasteiger partial charge in [-0.3, -0.25) is 4.79 Å². The SMILES string of the molecule is CCCCCCCCCCNC(=O)N(C)CC(C)C(=O)O. The third-order valence-corrected chi connectivity index (χ3v) is 3.62. The number of amides is 2. The molecule has 0 rings (SSSR count). The zero-order valence-electron chi connectivity index (χ0n) is 13.9. The van der Waals surface area contributed by atoms with E-state index in [2.05, 4.69) is 12.2 Å². The number of nitrogens with zero attached hydrogens (tertiary/aromatic N) is 1. The maximum atomic E-state index is 11.7. The number of carboxylic acids is 1. The molecule has 0 aliphatic rings. The molecule has 21 heavy (non-hydrogen) atoms. The number of rotatable bonds is 12. The number of hydrogen-bond acceptors (Lipinski definition) is 2. The van der Waals surface area contributed by atoms with E-state index in [4.69, 9.17) is 5.11 Å². The monoisotopic (exact) mass is 300 g/mol. The Morgan fingerprint density at radius 2 is 1.57 bits per heavy atom. The number of unbranched alkanes of at least 4 members (excludes halogenated alkanes) is 7. The summed E-state index contributed by atoms with van der Waals surface area (Å²) in [6, 6.07) is -0.189. The summed E-state index contributed by atoms with van der Waals surface area (Å²) in [7, 11) is 1.63. The van der Waals surface area contributed by atoms with E-state index in [9.17, 15) is 9.59 Å². The Morgan fingerprint density at radius 1 is 1.05 bits per heavy atom. The quantitative estimate of drug-likeness (QED) is 0.542. The smallest absolute Gasteiger partial charge is 0.317 e. The van der Waals surface area contributed by atoms with E-state index >= 15 is 0 Å². The minimum atomic E-state index is -0.877. The second-order valence-corrected chi connectivity index (χ2v) is 5.83. The molecule has 0 aromatic heterocycles. The second-order valence-electron chi connectivity index (χ2n) is 5.83. The van der Waals surface area contributed by atoms with Gasteiger partial charge in [-0.05, 0) is 6.42 Å². The first kappa shape index (κ1) is 19.7. The highest BCUT2D eigenvalue weighted by molar-refractivity contribution is 5.75. The van der Waals surface area contributed by atoms with E-state index in [0.29, 0.717) is 6.54 Å². The summed E-state index contributed by atoms with van der Waals surface area (Å²) in [6.45, 7) is 4.72. The lowest BCUT2D eigenvalue weighted by molar-refractivity contribution is -0.141. The molecule has 0 bridgehead atoms. The lowest BCUT2D eigenvalue weighted by Gasteiger charge is -2.19. The Bertz CT molecular complexity index is 295. The van der Waals surface area contributed by atoms with Crippen LogP contribution in [0.25, 0.3) is 0 Å². The Hall–Kier alpha value is -1.26. The van der Waals surface area contributed by atoms with Crippen molar-refractivity contribution in [2.75, 3.05) is 20.1 Å². The van der Waals surface area contributed by atoms with Crippen LogP contribution in [0.2, 0.25) is 0 Å². The van der Waals surface area contributed by atoms with E-state index in [-0.39, 0.29) is 12.6 Å². The van der Waals surface area contributed by atoms with Crippen molar-refractivity contribution in [2.45, 2.75) is 65.2 Å². The summed E-state index contributed by atoms with van der Waals surface area (Å²) in [4.78, 5) is 23.9. The Morgan fingerprint density at radius 3 is 2.10 bits per heavy atom. The summed E-state index contributed by atoms with van der Waals surface area (Å²) in [5.41, 5.74) is 0. The molecule has 0 aliphatic heterocycles. The van der Waals surface area contributed by atoms with E-state index in [1.165, 1.54) is 43.4 Å². The molecule has 0 aromatic carbocycles. The van der Waals surface area contributed by atoms with Gasteiger partial charge in [-0.1, -0.05) is 58.8 Å². The molecule has 2 amide bonds. The van der Waals surface area contributed by atoms with Crippen molar-refractivity contribution in [1.29, 1.82) is 0 Å². The lowest BCUT2D eigenvalue weighted by Crippen LogP contribution is -2.41. The molecule has 0 radical (unpaired) electrons. The molecule has 0 saturated carbocycles. The average molecular weight is 300 g/mol. The molecule has 0 heterocycles. The van der Waals surface area contributed by atoms with Crippen molar-refractivity contribution >= 4 is 12.0 Å². The van der Waals surface area contributed by atoms with Crippen LogP contribution in [0, 0.1) is 5.92 Å². The summed E-state index contributed by atoms with van der Waals surface area (Å²) in [6.07, 6.45) is 9.89. The average Bonchev–Trinajstić information content (AvgIpc) is 2.44. The highest BCUT2D eigenvalue weighted by atomic mass is 16.4. The van der Waals surface area contributed by atoms with Crippen molar-refractivity contribution in [3.63, 3.8) is 0 Å². The number of nitrogens with one attached hydrogen (secondary N) is 1. The lowest BCUT2D eigenvalue weighted by atomic mass is 10.1. The minimum Gasteiger partial charge on any atom is -0.481 e. The highest BCUT2D eigenvalue weighted by Gasteiger charge is 2.16. The first-order valence-electron chi connectivity index (χ1n) is 8.20. The summed E-state index contributed by atoms with van der Waals surface area (Å²) in [5, 5.41) is 11.6. The maximum absolute atomic E-state index is 11.7. The van der Waals surface area contributed by atoms with Gasteiger partial charge in [0.1, 0.15) is 0 Å². The predicted octanol–water partition coefficient (Wildman–Crippen LogP) is 3.49. The van der Waals surface area contributed by atoms with Gasteiger partial charge in [0.2, 0.25) is 0 Å². The van der Waals surface area contributed by atoms with Crippen molar-refractivity contribution in [1.82, 2.24) is 10.2 Å². The first-order chi connectivity index (χ1) is 9.99. The highest BCUT2D eigenvalue weighted by Crippen LogP contribution is 2.08. The second kappa shape index (κ2) is 12.5. The standard InChI is InChI=1S/C16H32N2O3/c1-4-5-6-7-8-9-10-11-12-17-16(21)18(3)13-14(2)15(19)20/h14H,4-13H2,1-3H3,(H,17,21)(H,19,20). The molecule has 1 unspecified atom stereocenters. The van der Waals surface area contributed by atoms with Crippen molar-refractivity contribution < 1.29 is 14.7 Å². The molecule has 0 aliphatic carbocycles.